The maximum absolute atomic E-state index is 13.3. The summed E-state index contributed by atoms with van der Waals surface area (Å²) in [6.07, 6.45) is 6.28. The third-order valence-corrected chi connectivity index (χ3v) is 9.14. The number of carboxylic acid groups (broad SMARTS) is 1. The predicted molar refractivity (Wildman–Crippen MR) is 118 cm³/mol. The maximum Gasteiger partial charge on any atom is 0.325 e. The average molecular weight is 478 g/mol. The second-order valence-corrected chi connectivity index (χ2v) is 11.9. The van der Waals surface area contributed by atoms with Crippen LogP contribution in [-0.2, 0) is 24.5 Å². The summed E-state index contributed by atoms with van der Waals surface area (Å²) < 4.78 is 53.4. The highest BCUT2D eigenvalue weighted by molar-refractivity contribution is 7.93. The van der Waals surface area contributed by atoms with E-state index >= 15 is 0 Å². The lowest BCUT2D eigenvalue weighted by atomic mass is 9.96. The average Bonchev–Trinajstić information content (AvgIpc) is 2.74. The second-order valence-electron chi connectivity index (χ2n) is 7.60. The molecule has 0 radical (unpaired) electrons. The molecular formula is C22H23NO7S2. The molecule has 1 fully saturated rings. The topological polar surface area (TPSA) is 118 Å². The Kier molecular flexibility index (Phi) is 6.64. The lowest BCUT2D eigenvalue weighted by molar-refractivity contribution is -0.141. The number of nitrogens with zero attached hydrogens (tertiary/aromatic N) is 1. The Bertz CT molecular complexity index is 1230. The third-order valence-electron chi connectivity index (χ3n) is 5.50. The van der Waals surface area contributed by atoms with Gasteiger partial charge in [-0.2, -0.15) is 0 Å². The summed E-state index contributed by atoms with van der Waals surface area (Å²) in [5.41, 5.74) is 0. The molecule has 0 amide bonds. The molecule has 0 spiro atoms. The number of carbonyl (C=O) groups is 1. The molecule has 1 heterocycles. The Balaban J connectivity index is 1.81. The number of carboxylic acids is 1. The molecule has 1 aliphatic heterocycles. The fraction of sp³-hybridized carbons (Fsp3) is 0.318. The summed E-state index contributed by atoms with van der Waals surface area (Å²) in [7, 11) is -7.50. The summed E-state index contributed by atoms with van der Waals surface area (Å²) in [6.45, 7) is 0.897. The highest BCUT2D eigenvalue weighted by atomic mass is 32.2. The van der Waals surface area contributed by atoms with Gasteiger partial charge in [-0.15, -0.1) is 6.42 Å². The first-order valence-corrected chi connectivity index (χ1v) is 13.1. The fourth-order valence-corrected chi connectivity index (χ4v) is 6.13. The summed E-state index contributed by atoms with van der Waals surface area (Å²) >= 11 is 0. The maximum atomic E-state index is 13.3. The number of piperidine rings is 1. The highest BCUT2D eigenvalue weighted by Crippen LogP contribution is 2.36. The van der Waals surface area contributed by atoms with Gasteiger partial charge in [-0.1, -0.05) is 5.92 Å². The van der Waals surface area contributed by atoms with Crippen molar-refractivity contribution < 1.29 is 31.5 Å². The van der Waals surface area contributed by atoms with E-state index in [-0.39, 0.29) is 35.7 Å². The molecule has 0 atom stereocenters. The molecule has 3 rings (SSSR count). The molecule has 1 N–H and O–H groups in total. The zero-order chi connectivity index (χ0) is 23.6. The lowest BCUT2D eigenvalue weighted by Gasteiger charge is -2.37. The van der Waals surface area contributed by atoms with Crippen molar-refractivity contribution in [3.63, 3.8) is 0 Å². The van der Waals surface area contributed by atoms with Crippen LogP contribution in [0.3, 0.4) is 0 Å². The van der Waals surface area contributed by atoms with Crippen molar-refractivity contribution in [2.24, 2.45) is 0 Å². The number of sulfone groups is 2. The minimum absolute atomic E-state index is 0.0583. The molecule has 0 saturated carbocycles. The number of ether oxygens (including phenoxy) is 1. The van der Waals surface area contributed by atoms with Crippen molar-refractivity contribution in [2.45, 2.75) is 27.4 Å². The first kappa shape index (κ1) is 23.8. The number of rotatable bonds is 7. The first-order valence-electron chi connectivity index (χ1n) is 9.71. The van der Waals surface area contributed by atoms with Crippen LogP contribution in [0.1, 0.15) is 12.8 Å². The van der Waals surface area contributed by atoms with Crippen LogP contribution in [0, 0.1) is 12.3 Å². The molecule has 2 aromatic carbocycles. The summed E-state index contributed by atoms with van der Waals surface area (Å²) in [5, 5.41) is 9.83. The van der Waals surface area contributed by atoms with E-state index in [4.69, 9.17) is 11.2 Å². The quantitative estimate of drug-likeness (QED) is 0.603. The number of hydrogen-bond acceptors (Lipinski definition) is 7. The standard InChI is InChI=1S/C22H23NO7S2/c1-3-14-23-15-12-22(13-16-23,21(24)25)32(28,29)20-10-6-18(7-11-20)30-17-4-8-19(9-5-17)31(2,26)27/h1,4-11H,12-16H2,2H3,(H,24,25). The Morgan fingerprint density at radius 2 is 1.47 bits per heavy atom. The van der Waals surface area contributed by atoms with Gasteiger partial charge < -0.3 is 9.84 Å². The molecule has 0 bridgehead atoms. The molecule has 0 aliphatic carbocycles. The number of hydrogen-bond donors (Lipinski definition) is 1. The van der Waals surface area contributed by atoms with E-state index in [9.17, 15) is 26.7 Å². The van der Waals surface area contributed by atoms with Crippen LogP contribution in [-0.4, -0.2) is 63.4 Å². The first-order chi connectivity index (χ1) is 15.0. The van der Waals surface area contributed by atoms with Gasteiger partial charge in [-0.05, 0) is 61.4 Å². The van der Waals surface area contributed by atoms with Gasteiger partial charge in [0.25, 0.3) is 0 Å². The molecule has 0 unspecified atom stereocenters. The van der Waals surface area contributed by atoms with Gasteiger partial charge in [0.1, 0.15) is 11.5 Å². The van der Waals surface area contributed by atoms with Gasteiger partial charge in [-0.25, -0.2) is 16.8 Å². The second kappa shape index (κ2) is 8.94. The SMILES string of the molecule is C#CCN1CCC(C(=O)O)(S(=O)(=O)c2ccc(Oc3ccc(S(C)(=O)=O)cc3)cc2)CC1. The van der Waals surface area contributed by atoms with Crippen molar-refractivity contribution in [1.82, 2.24) is 4.90 Å². The Morgan fingerprint density at radius 1 is 1.00 bits per heavy atom. The molecule has 2 aromatic rings. The highest BCUT2D eigenvalue weighted by Gasteiger charge is 2.53. The molecule has 1 saturated heterocycles. The van der Waals surface area contributed by atoms with E-state index in [2.05, 4.69) is 5.92 Å². The molecule has 8 nitrogen and oxygen atoms in total. The van der Waals surface area contributed by atoms with E-state index in [1.807, 2.05) is 4.90 Å². The number of terminal acetylenes is 1. The third kappa shape index (κ3) is 4.65. The van der Waals surface area contributed by atoms with E-state index in [0.29, 0.717) is 18.0 Å². The smallest absolute Gasteiger partial charge is 0.325 e. The predicted octanol–water partition coefficient (Wildman–Crippen LogP) is 2.21. The number of benzene rings is 2. The Labute approximate surface area is 187 Å². The van der Waals surface area contributed by atoms with E-state index < -0.39 is 30.4 Å². The van der Waals surface area contributed by atoms with E-state index in [1.165, 1.54) is 48.5 Å². The number of aliphatic carboxylic acids is 1. The fourth-order valence-electron chi connectivity index (χ4n) is 3.60. The Morgan fingerprint density at radius 3 is 1.88 bits per heavy atom. The van der Waals surface area contributed by atoms with Crippen LogP contribution in [0.5, 0.6) is 11.5 Å². The largest absolute Gasteiger partial charge is 0.480 e. The van der Waals surface area contributed by atoms with Crippen LogP contribution in [0.25, 0.3) is 0 Å². The van der Waals surface area contributed by atoms with Crippen LogP contribution < -0.4 is 4.74 Å². The summed E-state index contributed by atoms with van der Waals surface area (Å²) in [4.78, 5) is 14.0. The zero-order valence-corrected chi connectivity index (χ0v) is 19.0. The van der Waals surface area contributed by atoms with Gasteiger partial charge in [0.15, 0.2) is 24.4 Å². The zero-order valence-electron chi connectivity index (χ0n) is 17.4. The molecule has 170 valence electrons. The monoisotopic (exact) mass is 477 g/mol. The van der Waals surface area contributed by atoms with Crippen LogP contribution in [0.15, 0.2) is 58.3 Å². The van der Waals surface area contributed by atoms with Crippen molar-refractivity contribution in [3.05, 3.63) is 48.5 Å². The van der Waals surface area contributed by atoms with Crippen LogP contribution in [0.2, 0.25) is 0 Å². The minimum Gasteiger partial charge on any atom is -0.480 e. The van der Waals surface area contributed by atoms with Gasteiger partial charge >= 0.3 is 5.97 Å². The van der Waals surface area contributed by atoms with Gasteiger partial charge in [-0.3, -0.25) is 9.69 Å². The van der Waals surface area contributed by atoms with Crippen molar-refractivity contribution in [2.75, 3.05) is 25.9 Å². The van der Waals surface area contributed by atoms with Gasteiger partial charge in [0.2, 0.25) is 0 Å². The normalized spacial score (nSPS) is 16.8. The number of likely N-dealkylation sites (tertiary alicyclic amines) is 1. The molecule has 32 heavy (non-hydrogen) atoms. The molecule has 1 aliphatic rings. The van der Waals surface area contributed by atoms with Crippen molar-refractivity contribution in [3.8, 4) is 23.8 Å². The van der Waals surface area contributed by atoms with E-state index in [0.717, 1.165) is 6.26 Å². The van der Waals surface area contributed by atoms with Crippen LogP contribution in [0.4, 0.5) is 0 Å². The van der Waals surface area contributed by atoms with Gasteiger partial charge in [0.05, 0.1) is 16.3 Å². The molecular weight excluding hydrogens is 454 g/mol. The van der Waals surface area contributed by atoms with Gasteiger partial charge in [0, 0.05) is 19.3 Å². The van der Waals surface area contributed by atoms with E-state index in [1.54, 1.807) is 0 Å². The van der Waals surface area contributed by atoms with Crippen LogP contribution >= 0.6 is 0 Å². The van der Waals surface area contributed by atoms with Crippen molar-refractivity contribution in [1.29, 1.82) is 0 Å². The summed E-state index contributed by atoms with van der Waals surface area (Å²) in [5.74, 6) is 1.81. The molecule has 10 heteroatoms. The lowest BCUT2D eigenvalue weighted by Crippen LogP contribution is -2.54. The molecule has 0 aromatic heterocycles. The Hall–Kier alpha value is -2.87. The summed E-state index contributed by atoms with van der Waals surface area (Å²) in [6, 6.07) is 11.3. The minimum atomic E-state index is -4.17. The van der Waals surface area contributed by atoms with Crippen molar-refractivity contribution >= 4 is 25.6 Å².